The molecule has 0 saturated carbocycles. The smallest absolute Gasteiger partial charge is 0.162 e. The van der Waals surface area contributed by atoms with E-state index >= 15 is 0 Å². The summed E-state index contributed by atoms with van der Waals surface area (Å²) in [7, 11) is 3.10. The Morgan fingerprint density at radius 1 is 1.12 bits per heavy atom. The molecular weight excluding hydrogens is 338 g/mol. The molecule has 1 aromatic heterocycles. The fourth-order valence-electron chi connectivity index (χ4n) is 2.23. The van der Waals surface area contributed by atoms with Crippen molar-refractivity contribution in [2.24, 2.45) is 0 Å². The molecule has 0 aliphatic rings. The van der Waals surface area contributed by atoms with Gasteiger partial charge in [-0.2, -0.15) is 5.26 Å². The average Bonchev–Trinajstić information content (AvgIpc) is 2.61. The fourth-order valence-corrected chi connectivity index (χ4v) is 2.48. The molecule has 0 amide bonds. The van der Waals surface area contributed by atoms with Gasteiger partial charge in [0, 0.05) is 22.7 Å². The molecule has 3 aromatic rings. The predicted octanol–water partition coefficient (Wildman–Crippen LogP) is 4.35. The molecule has 0 fully saturated rings. The van der Waals surface area contributed by atoms with Gasteiger partial charge in [-0.05, 0) is 30.7 Å². The highest BCUT2D eigenvalue weighted by atomic mass is 35.5. The highest BCUT2D eigenvalue weighted by Crippen LogP contribution is 2.34. The number of nitriles is 1. The van der Waals surface area contributed by atoms with Crippen molar-refractivity contribution in [1.29, 1.82) is 5.26 Å². The maximum absolute atomic E-state index is 8.88. The van der Waals surface area contributed by atoms with Crippen molar-refractivity contribution in [3.05, 3.63) is 58.7 Å². The Balaban J connectivity index is 0.000000236. The minimum absolute atomic E-state index is 0.352. The monoisotopic (exact) mass is 355 g/mol. The first-order valence-electron chi connectivity index (χ1n) is 7.42. The quantitative estimate of drug-likeness (QED) is 0.738. The number of benzene rings is 2. The number of rotatable bonds is 2. The lowest BCUT2D eigenvalue weighted by Gasteiger charge is -2.10. The normalized spacial score (nSPS) is 9.72. The molecule has 3 rings (SSSR count). The number of hydrogen-bond donors (Lipinski definition) is 1. The molecule has 0 aliphatic carbocycles. The van der Waals surface area contributed by atoms with Crippen LogP contribution in [0.25, 0.3) is 10.9 Å². The number of pyridine rings is 1. The van der Waals surface area contributed by atoms with Gasteiger partial charge in [-0.3, -0.25) is 4.98 Å². The molecule has 0 spiro atoms. The van der Waals surface area contributed by atoms with E-state index in [2.05, 4.69) is 4.98 Å². The van der Waals surface area contributed by atoms with E-state index in [4.69, 9.17) is 32.1 Å². The van der Waals surface area contributed by atoms with Crippen LogP contribution in [-0.4, -0.2) is 19.2 Å². The minimum Gasteiger partial charge on any atom is -0.493 e. The molecule has 0 saturated heterocycles. The number of nitrogen functional groups attached to an aromatic ring is 1. The first kappa shape index (κ1) is 18.4. The number of aryl methyl sites for hydroxylation is 1. The summed E-state index contributed by atoms with van der Waals surface area (Å²) < 4.78 is 10.4. The number of nitrogens with zero attached hydrogens (tertiary/aromatic N) is 2. The first-order chi connectivity index (χ1) is 12.0. The van der Waals surface area contributed by atoms with Gasteiger partial charge in [0.1, 0.15) is 6.07 Å². The maximum atomic E-state index is 8.88. The molecule has 0 aliphatic heterocycles. The van der Waals surface area contributed by atoms with E-state index in [1.165, 1.54) is 11.8 Å². The maximum Gasteiger partial charge on any atom is 0.162 e. The van der Waals surface area contributed by atoms with Crippen LogP contribution in [0.1, 0.15) is 11.1 Å². The van der Waals surface area contributed by atoms with Crippen molar-refractivity contribution < 1.29 is 9.47 Å². The topological polar surface area (TPSA) is 81.2 Å². The number of halogens is 1. The first-order valence-corrected chi connectivity index (χ1v) is 7.80. The van der Waals surface area contributed by atoms with Gasteiger partial charge in [-0.15, -0.1) is 0 Å². The van der Waals surface area contributed by atoms with Crippen molar-refractivity contribution in [1.82, 2.24) is 4.98 Å². The van der Waals surface area contributed by atoms with Crippen LogP contribution < -0.4 is 15.2 Å². The van der Waals surface area contributed by atoms with Crippen molar-refractivity contribution in [3.63, 3.8) is 0 Å². The molecule has 1 heterocycles. The summed E-state index contributed by atoms with van der Waals surface area (Å²) in [6.07, 6.45) is 1.45. The van der Waals surface area contributed by atoms with Gasteiger partial charge >= 0.3 is 0 Å². The van der Waals surface area contributed by atoms with E-state index in [1.54, 1.807) is 26.4 Å². The zero-order chi connectivity index (χ0) is 18.4. The van der Waals surface area contributed by atoms with Crippen molar-refractivity contribution in [3.8, 4) is 17.6 Å². The second-order valence-electron chi connectivity index (χ2n) is 5.22. The zero-order valence-electron chi connectivity index (χ0n) is 14.2. The Morgan fingerprint density at radius 3 is 2.32 bits per heavy atom. The molecular formula is C19H18ClN3O2. The van der Waals surface area contributed by atoms with Crippen LogP contribution in [0.5, 0.6) is 11.5 Å². The Labute approximate surface area is 151 Å². The molecule has 5 nitrogen and oxygen atoms in total. The van der Waals surface area contributed by atoms with Crippen molar-refractivity contribution >= 4 is 28.2 Å². The fraction of sp³-hybridized carbons (Fsp3) is 0.158. The standard InChI is InChI=1S/C12H11N3O2.C7H7Cl/c1-16-10-3-8-9(4-11(10)17-2)15-6-7(5-13)12(8)14;1-6-3-2-4-7(8)5-6/h3-4,6H,1-2H3,(H2,14,15);2-5H,1H3. The van der Waals surface area contributed by atoms with Crippen LogP contribution in [-0.2, 0) is 0 Å². The van der Waals surface area contributed by atoms with Crippen LogP contribution in [0, 0.1) is 18.3 Å². The van der Waals surface area contributed by atoms with E-state index in [0.29, 0.717) is 33.7 Å². The lowest BCUT2D eigenvalue weighted by atomic mass is 10.1. The number of nitrogens with two attached hydrogens (primary N) is 1. The van der Waals surface area contributed by atoms with Crippen LogP contribution in [0.3, 0.4) is 0 Å². The largest absolute Gasteiger partial charge is 0.493 e. The van der Waals surface area contributed by atoms with Crippen LogP contribution in [0.2, 0.25) is 5.02 Å². The summed E-state index contributed by atoms with van der Waals surface area (Å²) >= 11 is 5.64. The Kier molecular flexibility index (Phi) is 6.04. The summed E-state index contributed by atoms with van der Waals surface area (Å²) in [4.78, 5) is 4.16. The third kappa shape index (κ3) is 4.31. The van der Waals surface area contributed by atoms with Crippen molar-refractivity contribution in [2.75, 3.05) is 20.0 Å². The highest BCUT2D eigenvalue weighted by molar-refractivity contribution is 6.30. The third-order valence-electron chi connectivity index (χ3n) is 3.52. The third-order valence-corrected chi connectivity index (χ3v) is 3.75. The summed E-state index contributed by atoms with van der Waals surface area (Å²) in [6.45, 7) is 2.02. The number of ether oxygens (including phenoxy) is 2. The second kappa shape index (κ2) is 8.22. The van der Waals surface area contributed by atoms with Gasteiger partial charge in [-0.1, -0.05) is 23.7 Å². The van der Waals surface area contributed by atoms with Gasteiger partial charge in [0.15, 0.2) is 11.5 Å². The molecule has 2 aromatic carbocycles. The molecule has 0 radical (unpaired) electrons. The molecule has 2 N–H and O–H groups in total. The number of anilines is 1. The van der Waals surface area contributed by atoms with E-state index in [1.807, 2.05) is 37.3 Å². The molecule has 0 atom stereocenters. The number of methoxy groups -OCH3 is 2. The van der Waals surface area contributed by atoms with E-state index < -0.39 is 0 Å². The second-order valence-corrected chi connectivity index (χ2v) is 5.66. The van der Waals surface area contributed by atoms with Crippen molar-refractivity contribution in [2.45, 2.75) is 6.92 Å². The molecule has 128 valence electrons. The SMILES string of the molecule is COc1cc2ncc(C#N)c(N)c2cc1OC.Cc1cccc(Cl)c1. The summed E-state index contributed by atoms with van der Waals surface area (Å²) in [5.41, 5.74) is 8.51. The van der Waals surface area contributed by atoms with E-state index in [0.717, 1.165) is 5.02 Å². The number of fused-ring (bicyclic) bond motifs is 1. The van der Waals surface area contributed by atoms with Crippen LogP contribution in [0.4, 0.5) is 5.69 Å². The Morgan fingerprint density at radius 2 is 1.80 bits per heavy atom. The minimum atomic E-state index is 0.352. The van der Waals surface area contributed by atoms with Crippen LogP contribution in [0.15, 0.2) is 42.6 Å². The lowest BCUT2D eigenvalue weighted by Crippen LogP contribution is -1.96. The Bertz CT molecular complexity index is 919. The molecule has 0 bridgehead atoms. The predicted molar refractivity (Wildman–Crippen MR) is 100 cm³/mol. The van der Waals surface area contributed by atoms with E-state index in [9.17, 15) is 0 Å². The zero-order valence-corrected chi connectivity index (χ0v) is 15.0. The lowest BCUT2D eigenvalue weighted by molar-refractivity contribution is 0.356. The van der Waals surface area contributed by atoms with E-state index in [-0.39, 0.29) is 0 Å². The summed E-state index contributed by atoms with van der Waals surface area (Å²) in [6, 6.07) is 13.2. The molecule has 25 heavy (non-hydrogen) atoms. The number of aromatic nitrogens is 1. The van der Waals surface area contributed by atoms with Crippen LogP contribution >= 0.6 is 11.6 Å². The van der Waals surface area contributed by atoms with Gasteiger partial charge in [-0.25, -0.2) is 0 Å². The van der Waals surface area contributed by atoms with Gasteiger partial charge in [0.25, 0.3) is 0 Å². The Hall–Kier alpha value is -2.97. The summed E-state index contributed by atoms with van der Waals surface area (Å²) in [5.74, 6) is 1.14. The molecule has 6 heteroatoms. The number of hydrogen-bond acceptors (Lipinski definition) is 5. The highest BCUT2D eigenvalue weighted by Gasteiger charge is 2.11. The molecule has 0 unspecified atom stereocenters. The average molecular weight is 356 g/mol. The van der Waals surface area contributed by atoms with Gasteiger partial charge < -0.3 is 15.2 Å². The van der Waals surface area contributed by atoms with Gasteiger partial charge in [0.2, 0.25) is 0 Å². The van der Waals surface area contributed by atoms with Gasteiger partial charge in [0.05, 0.1) is 31.0 Å². The summed E-state index contributed by atoms with van der Waals surface area (Å²) in [5, 5.41) is 10.4.